The molecule has 4 aromatic carbocycles. The smallest absolute Gasteiger partial charge is 0.244 e. The van der Waals surface area contributed by atoms with Gasteiger partial charge in [-0.2, -0.15) is 0 Å². The van der Waals surface area contributed by atoms with Gasteiger partial charge in [0.15, 0.2) is 0 Å². The van der Waals surface area contributed by atoms with Gasteiger partial charge < -0.3 is 10.2 Å². The van der Waals surface area contributed by atoms with Crippen LogP contribution in [0, 0.1) is 0 Å². The number of halogens is 2. The summed E-state index contributed by atoms with van der Waals surface area (Å²) in [7, 11) is -3.92. The fraction of sp³-hybridized carbons (Fsp3) is 0.250. The third kappa shape index (κ3) is 7.62. The van der Waals surface area contributed by atoms with Gasteiger partial charge in [-0.1, -0.05) is 96.0 Å². The van der Waals surface area contributed by atoms with Crippen LogP contribution in [-0.2, 0) is 32.6 Å². The Labute approximate surface area is 257 Å². The maximum atomic E-state index is 14.3. The Kier molecular flexibility index (Phi) is 10.1. The lowest BCUT2D eigenvalue weighted by Gasteiger charge is -2.34. The minimum Gasteiger partial charge on any atom is -0.352 e. The second-order valence-corrected chi connectivity index (χ2v) is 13.1. The summed E-state index contributed by atoms with van der Waals surface area (Å²) in [4.78, 5) is 29.4. The number of nitrogens with zero attached hydrogens (tertiary/aromatic N) is 2. The zero-order chi connectivity index (χ0) is 30.4. The van der Waals surface area contributed by atoms with Crippen LogP contribution in [0.1, 0.15) is 25.0 Å². The van der Waals surface area contributed by atoms with Crippen molar-refractivity contribution in [2.24, 2.45) is 0 Å². The molecule has 1 atom stereocenters. The number of hydrogen-bond donors (Lipinski definition) is 1. The SMILES string of the molecule is CC(C)NC(=O)C(Cc1ccccc1)N(Cc1c(Cl)cccc1Cl)C(=O)CN(c1cccc2ccccc12)S(C)(=O)=O. The highest BCUT2D eigenvalue weighted by Gasteiger charge is 2.34. The molecule has 0 aromatic heterocycles. The molecular formula is C32H33Cl2N3O4S. The molecule has 0 spiro atoms. The molecular weight excluding hydrogens is 593 g/mol. The van der Waals surface area contributed by atoms with Gasteiger partial charge >= 0.3 is 0 Å². The molecule has 0 bridgehead atoms. The molecule has 220 valence electrons. The molecule has 0 saturated carbocycles. The average Bonchev–Trinajstić information content (AvgIpc) is 2.94. The van der Waals surface area contributed by atoms with E-state index in [1.807, 2.05) is 74.5 Å². The fourth-order valence-electron chi connectivity index (χ4n) is 4.81. The van der Waals surface area contributed by atoms with Gasteiger partial charge in [-0.3, -0.25) is 13.9 Å². The molecule has 0 radical (unpaired) electrons. The topological polar surface area (TPSA) is 86.8 Å². The van der Waals surface area contributed by atoms with Crippen LogP contribution in [0.25, 0.3) is 10.8 Å². The average molecular weight is 627 g/mol. The number of carbonyl (C=O) groups excluding carboxylic acids is 2. The fourth-order valence-corrected chi connectivity index (χ4v) is 6.19. The lowest BCUT2D eigenvalue weighted by Crippen LogP contribution is -2.54. The summed E-state index contributed by atoms with van der Waals surface area (Å²) < 4.78 is 27.4. The second-order valence-electron chi connectivity index (χ2n) is 10.4. The number of sulfonamides is 1. The van der Waals surface area contributed by atoms with Crippen LogP contribution in [0.15, 0.2) is 91.0 Å². The Morgan fingerprint density at radius 3 is 2.07 bits per heavy atom. The Morgan fingerprint density at radius 1 is 0.833 bits per heavy atom. The molecule has 10 heteroatoms. The van der Waals surface area contributed by atoms with Crippen molar-refractivity contribution in [2.75, 3.05) is 17.1 Å². The van der Waals surface area contributed by atoms with Crippen LogP contribution in [0.3, 0.4) is 0 Å². The number of benzene rings is 4. The van der Waals surface area contributed by atoms with Gasteiger partial charge in [0.1, 0.15) is 12.6 Å². The van der Waals surface area contributed by atoms with Gasteiger partial charge in [-0.25, -0.2) is 8.42 Å². The number of amides is 2. The zero-order valence-electron chi connectivity index (χ0n) is 23.6. The van der Waals surface area contributed by atoms with Crippen LogP contribution in [0.4, 0.5) is 5.69 Å². The third-order valence-electron chi connectivity index (χ3n) is 6.81. The van der Waals surface area contributed by atoms with Crippen LogP contribution in [0.5, 0.6) is 0 Å². The van der Waals surface area contributed by atoms with E-state index in [-0.39, 0.29) is 24.9 Å². The molecule has 0 aliphatic heterocycles. The minimum absolute atomic E-state index is 0.104. The van der Waals surface area contributed by atoms with E-state index in [4.69, 9.17) is 23.2 Å². The molecule has 0 saturated heterocycles. The van der Waals surface area contributed by atoms with E-state index in [1.165, 1.54) is 4.90 Å². The zero-order valence-corrected chi connectivity index (χ0v) is 26.0. The minimum atomic E-state index is -3.92. The maximum Gasteiger partial charge on any atom is 0.244 e. The van der Waals surface area contributed by atoms with E-state index in [9.17, 15) is 18.0 Å². The third-order valence-corrected chi connectivity index (χ3v) is 8.64. The van der Waals surface area contributed by atoms with Crippen molar-refractivity contribution in [3.63, 3.8) is 0 Å². The van der Waals surface area contributed by atoms with Crippen molar-refractivity contribution in [1.82, 2.24) is 10.2 Å². The van der Waals surface area contributed by atoms with Crippen LogP contribution < -0.4 is 9.62 Å². The molecule has 4 aromatic rings. The van der Waals surface area contributed by atoms with Gasteiger partial charge in [-0.15, -0.1) is 0 Å². The quantitative estimate of drug-likeness (QED) is 0.219. The first kappa shape index (κ1) is 31.3. The number of nitrogens with one attached hydrogen (secondary N) is 1. The molecule has 0 aliphatic carbocycles. The number of fused-ring (bicyclic) bond motifs is 1. The van der Waals surface area contributed by atoms with Crippen molar-refractivity contribution in [3.8, 4) is 0 Å². The van der Waals surface area contributed by atoms with E-state index in [0.29, 0.717) is 26.7 Å². The first-order valence-electron chi connectivity index (χ1n) is 13.5. The van der Waals surface area contributed by atoms with Crippen LogP contribution >= 0.6 is 23.2 Å². The Morgan fingerprint density at radius 2 is 1.43 bits per heavy atom. The molecule has 2 amide bonds. The summed E-state index contributed by atoms with van der Waals surface area (Å²) in [6.07, 6.45) is 1.25. The summed E-state index contributed by atoms with van der Waals surface area (Å²) >= 11 is 13.0. The van der Waals surface area contributed by atoms with Crippen molar-refractivity contribution >= 4 is 61.5 Å². The predicted octanol–water partition coefficient (Wildman–Crippen LogP) is 6.08. The molecule has 1 unspecified atom stereocenters. The van der Waals surface area contributed by atoms with Gasteiger partial charge in [0.2, 0.25) is 21.8 Å². The molecule has 0 heterocycles. The lowest BCUT2D eigenvalue weighted by molar-refractivity contribution is -0.140. The summed E-state index contributed by atoms with van der Waals surface area (Å²) in [6.45, 7) is 3.03. The second kappa shape index (κ2) is 13.6. The van der Waals surface area contributed by atoms with Crippen molar-refractivity contribution in [3.05, 3.63) is 112 Å². The van der Waals surface area contributed by atoms with Gasteiger partial charge in [0.05, 0.1) is 11.9 Å². The number of carbonyl (C=O) groups is 2. The van der Waals surface area contributed by atoms with E-state index >= 15 is 0 Å². The van der Waals surface area contributed by atoms with E-state index in [2.05, 4.69) is 5.32 Å². The summed E-state index contributed by atoms with van der Waals surface area (Å²) in [5, 5.41) is 5.09. The van der Waals surface area contributed by atoms with E-state index < -0.39 is 28.5 Å². The molecule has 7 nitrogen and oxygen atoms in total. The molecule has 0 aliphatic rings. The van der Waals surface area contributed by atoms with Gasteiger partial charge in [0.25, 0.3) is 0 Å². The normalized spacial score (nSPS) is 12.2. The van der Waals surface area contributed by atoms with Crippen molar-refractivity contribution in [2.45, 2.75) is 38.9 Å². The predicted molar refractivity (Wildman–Crippen MR) is 170 cm³/mol. The molecule has 42 heavy (non-hydrogen) atoms. The Hall–Kier alpha value is -3.59. The van der Waals surface area contributed by atoms with Crippen LogP contribution in [0.2, 0.25) is 10.0 Å². The lowest BCUT2D eigenvalue weighted by atomic mass is 10.0. The molecule has 4 rings (SSSR count). The molecule has 1 N–H and O–H groups in total. The monoisotopic (exact) mass is 625 g/mol. The van der Waals surface area contributed by atoms with E-state index in [0.717, 1.165) is 21.5 Å². The Balaban J connectivity index is 1.82. The largest absolute Gasteiger partial charge is 0.352 e. The van der Waals surface area contributed by atoms with Gasteiger partial charge in [-0.05, 0) is 43.0 Å². The summed E-state index contributed by atoms with van der Waals surface area (Å²) in [5.41, 5.74) is 1.66. The summed E-state index contributed by atoms with van der Waals surface area (Å²) in [6, 6.07) is 25.8. The van der Waals surface area contributed by atoms with Crippen molar-refractivity contribution < 1.29 is 18.0 Å². The van der Waals surface area contributed by atoms with E-state index in [1.54, 1.807) is 30.3 Å². The highest BCUT2D eigenvalue weighted by molar-refractivity contribution is 7.92. The highest BCUT2D eigenvalue weighted by Crippen LogP contribution is 2.30. The number of hydrogen-bond acceptors (Lipinski definition) is 4. The Bertz CT molecular complexity index is 1650. The number of rotatable bonds is 11. The highest BCUT2D eigenvalue weighted by atomic mass is 35.5. The summed E-state index contributed by atoms with van der Waals surface area (Å²) in [5.74, 6) is -0.953. The van der Waals surface area contributed by atoms with Crippen LogP contribution in [-0.4, -0.2) is 50.0 Å². The standard InChI is InChI=1S/C32H33Cl2N3O4S/c1-22(2)35-32(39)30(19-23-11-5-4-6-12-23)36(20-26-27(33)16-10-17-28(26)34)31(38)21-37(42(3,40)41)29-18-9-14-24-13-7-8-15-25(24)29/h4-18,22,30H,19-21H2,1-3H3,(H,35,39). The molecule has 0 fully saturated rings. The maximum absolute atomic E-state index is 14.3. The van der Waals surface area contributed by atoms with Crippen molar-refractivity contribution in [1.29, 1.82) is 0 Å². The number of anilines is 1. The first-order valence-corrected chi connectivity index (χ1v) is 16.1. The van der Waals surface area contributed by atoms with Gasteiger partial charge in [0, 0.05) is 40.0 Å². The first-order chi connectivity index (χ1) is 20.0.